The van der Waals surface area contributed by atoms with Crippen LogP contribution in [0.25, 0.3) is 0 Å². The standard InChI is InChI=1S/C12H18IN3/c1-2-9-5-3-4-6-11(9)16-12-14-7-10(13)8-15-12/h7-9,11H,2-6H2,1H3,(H,14,15,16). The largest absolute Gasteiger partial charge is 0.351 e. The van der Waals surface area contributed by atoms with E-state index < -0.39 is 0 Å². The summed E-state index contributed by atoms with van der Waals surface area (Å²) >= 11 is 2.23. The molecule has 0 aliphatic heterocycles. The highest BCUT2D eigenvalue weighted by atomic mass is 127. The number of hydrogen-bond donors (Lipinski definition) is 1. The van der Waals surface area contributed by atoms with Gasteiger partial charge >= 0.3 is 0 Å². The highest BCUT2D eigenvalue weighted by Gasteiger charge is 2.23. The van der Waals surface area contributed by atoms with Crippen LogP contribution in [0.5, 0.6) is 0 Å². The van der Waals surface area contributed by atoms with Crippen molar-refractivity contribution in [2.75, 3.05) is 5.32 Å². The van der Waals surface area contributed by atoms with Gasteiger partial charge in [-0.15, -0.1) is 0 Å². The predicted octanol–water partition coefficient (Wildman–Crippen LogP) is 3.46. The lowest BCUT2D eigenvalue weighted by atomic mass is 9.83. The van der Waals surface area contributed by atoms with Gasteiger partial charge in [0, 0.05) is 22.0 Å². The Hall–Kier alpha value is -0.390. The first-order chi connectivity index (χ1) is 7.79. The van der Waals surface area contributed by atoms with Gasteiger partial charge < -0.3 is 5.32 Å². The zero-order valence-corrected chi connectivity index (χ0v) is 11.8. The van der Waals surface area contributed by atoms with E-state index >= 15 is 0 Å². The van der Waals surface area contributed by atoms with Crippen LogP contribution in [0, 0.1) is 9.49 Å². The fourth-order valence-corrected chi connectivity index (χ4v) is 2.72. The molecule has 1 fully saturated rings. The van der Waals surface area contributed by atoms with Gasteiger partial charge in [0.2, 0.25) is 5.95 Å². The second-order valence-electron chi connectivity index (χ2n) is 4.43. The van der Waals surface area contributed by atoms with Gasteiger partial charge in [-0.25, -0.2) is 9.97 Å². The summed E-state index contributed by atoms with van der Waals surface area (Å²) in [5.74, 6) is 1.57. The number of aromatic nitrogens is 2. The lowest BCUT2D eigenvalue weighted by Crippen LogP contribution is -2.32. The third-order valence-electron chi connectivity index (χ3n) is 3.37. The summed E-state index contributed by atoms with van der Waals surface area (Å²) < 4.78 is 1.08. The quantitative estimate of drug-likeness (QED) is 0.862. The number of rotatable bonds is 3. The molecule has 1 aromatic heterocycles. The van der Waals surface area contributed by atoms with Crippen LogP contribution in [-0.2, 0) is 0 Å². The molecule has 2 atom stereocenters. The Morgan fingerprint density at radius 2 is 2.00 bits per heavy atom. The van der Waals surface area contributed by atoms with Crippen LogP contribution in [-0.4, -0.2) is 16.0 Å². The molecule has 16 heavy (non-hydrogen) atoms. The van der Waals surface area contributed by atoms with E-state index in [4.69, 9.17) is 0 Å². The number of hydrogen-bond acceptors (Lipinski definition) is 3. The van der Waals surface area contributed by atoms with Crippen molar-refractivity contribution in [2.24, 2.45) is 5.92 Å². The van der Waals surface area contributed by atoms with Gasteiger partial charge in [-0.05, 0) is 41.4 Å². The molecule has 0 amide bonds. The minimum atomic E-state index is 0.568. The molecule has 4 heteroatoms. The number of nitrogens with zero attached hydrogens (tertiary/aromatic N) is 2. The van der Waals surface area contributed by atoms with E-state index in [1.165, 1.54) is 32.1 Å². The van der Waals surface area contributed by atoms with Crippen LogP contribution in [0.2, 0.25) is 0 Å². The molecule has 0 saturated heterocycles. The Labute approximate surface area is 111 Å². The minimum absolute atomic E-state index is 0.568. The molecule has 1 aliphatic carbocycles. The summed E-state index contributed by atoms with van der Waals surface area (Å²) in [6.07, 6.45) is 10.3. The molecule has 3 nitrogen and oxygen atoms in total. The molecule has 1 N–H and O–H groups in total. The Morgan fingerprint density at radius 3 is 2.69 bits per heavy atom. The fourth-order valence-electron chi connectivity index (χ4n) is 2.44. The van der Waals surface area contributed by atoms with E-state index in [9.17, 15) is 0 Å². The lowest BCUT2D eigenvalue weighted by Gasteiger charge is -2.31. The summed E-state index contributed by atoms with van der Waals surface area (Å²) in [4.78, 5) is 8.62. The maximum absolute atomic E-state index is 4.31. The van der Waals surface area contributed by atoms with E-state index in [-0.39, 0.29) is 0 Å². The molecular formula is C12H18IN3. The van der Waals surface area contributed by atoms with Crippen LogP contribution in [0.15, 0.2) is 12.4 Å². The minimum Gasteiger partial charge on any atom is -0.351 e. The van der Waals surface area contributed by atoms with Gasteiger partial charge in [0.25, 0.3) is 0 Å². The molecule has 0 spiro atoms. The Balaban J connectivity index is 1.99. The Kier molecular flexibility index (Phi) is 4.37. The highest BCUT2D eigenvalue weighted by Crippen LogP contribution is 2.28. The van der Waals surface area contributed by atoms with E-state index in [1.54, 1.807) is 0 Å². The molecule has 1 aromatic rings. The third-order valence-corrected chi connectivity index (χ3v) is 3.93. The monoisotopic (exact) mass is 331 g/mol. The Bertz CT molecular complexity index is 326. The number of halogens is 1. The van der Waals surface area contributed by atoms with Gasteiger partial charge in [0.15, 0.2) is 0 Å². The van der Waals surface area contributed by atoms with Crippen molar-refractivity contribution in [3.63, 3.8) is 0 Å². The average Bonchev–Trinajstić information content (AvgIpc) is 2.33. The van der Waals surface area contributed by atoms with E-state index in [0.717, 1.165) is 15.4 Å². The summed E-state index contributed by atoms with van der Waals surface area (Å²) in [5.41, 5.74) is 0. The van der Waals surface area contributed by atoms with Gasteiger partial charge in [0.1, 0.15) is 0 Å². The fraction of sp³-hybridized carbons (Fsp3) is 0.667. The van der Waals surface area contributed by atoms with Crippen molar-refractivity contribution in [3.8, 4) is 0 Å². The van der Waals surface area contributed by atoms with Crippen molar-refractivity contribution < 1.29 is 0 Å². The first-order valence-electron chi connectivity index (χ1n) is 6.03. The van der Waals surface area contributed by atoms with Gasteiger partial charge in [-0.1, -0.05) is 26.2 Å². The van der Waals surface area contributed by atoms with Crippen LogP contribution in [0.1, 0.15) is 39.0 Å². The molecule has 1 heterocycles. The Morgan fingerprint density at radius 1 is 1.31 bits per heavy atom. The third kappa shape index (κ3) is 3.06. The van der Waals surface area contributed by atoms with Crippen LogP contribution >= 0.6 is 22.6 Å². The van der Waals surface area contributed by atoms with Crippen LogP contribution in [0.4, 0.5) is 5.95 Å². The van der Waals surface area contributed by atoms with Crippen LogP contribution < -0.4 is 5.32 Å². The topological polar surface area (TPSA) is 37.8 Å². The average molecular weight is 331 g/mol. The van der Waals surface area contributed by atoms with Gasteiger partial charge in [-0.2, -0.15) is 0 Å². The molecule has 0 aromatic carbocycles. The van der Waals surface area contributed by atoms with Crippen molar-refractivity contribution in [3.05, 3.63) is 16.0 Å². The van der Waals surface area contributed by atoms with Crippen LogP contribution in [0.3, 0.4) is 0 Å². The highest BCUT2D eigenvalue weighted by molar-refractivity contribution is 14.1. The van der Waals surface area contributed by atoms with Crippen molar-refractivity contribution in [1.82, 2.24) is 9.97 Å². The molecule has 0 radical (unpaired) electrons. The first kappa shape index (κ1) is 12.1. The van der Waals surface area contributed by atoms with Crippen molar-refractivity contribution >= 4 is 28.5 Å². The second kappa shape index (κ2) is 5.80. The maximum Gasteiger partial charge on any atom is 0.222 e. The molecule has 88 valence electrons. The first-order valence-corrected chi connectivity index (χ1v) is 7.11. The number of nitrogens with one attached hydrogen (secondary N) is 1. The van der Waals surface area contributed by atoms with Gasteiger partial charge in [-0.3, -0.25) is 0 Å². The smallest absolute Gasteiger partial charge is 0.222 e. The van der Waals surface area contributed by atoms with Crippen molar-refractivity contribution in [1.29, 1.82) is 0 Å². The summed E-state index contributed by atoms with van der Waals surface area (Å²) in [5, 5.41) is 3.48. The van der Waals surface area contributed by atoms with Crippen molar-refractivity contribution in [2.45, 2.75) is 45.1 Å². The van der Waals surface area contributed by atoms with Gasteiger partial charge in [0.05, 0.1) is 0 Å². The normalized spacial score (nSPS) is 25.4. The molecule has 2 rings (SSSR count). The zero-order valence-electron chi connectivity index (χ0n) is 9.62. The summed E-state index contributed by atoms with van der Waals surface area (Å²) in [6.45, 7) is 2.28. The second-order valence-corrected chi connectivity index (χ2v) is 5.67. The predicted molar refractivity (Wildman–Crippen MR) is 74.4 cm³/mol. The molecule has 1 aliphatic rings. The summed E-state index contributed by atoms with van der Waals surface area (Å²) in [7, 11) is 0. The summed E-state index contributed by atoms with van der Waals surface area (Å²) in [6, 6.07) is 0.568. The zero-order chi connectivity index (χ0) is 11.4. The molecule has 2 unspecified atom stereocenters. The molecular weight excluding hydrogens is 313 g/mol. The number of anilines is 1. The van der Waals surface area contributed by atoms with E-state index in [1.807, 2.05) is 12.4 Å². The van der Waals surface area contributed by atoms with E-state index in [0.29, 0.717) is 6.04 Å². The lowest BCUT2D eigenvalue weighted by molar-refractivity contribution is 0.316. The maximum atomic E-state index is 4.31. The SMILES string of the molecule is CCC1CCCCC1Nc1ncc(I)cn1. The molecule has 0 bridgehead atoms. The van der Waals surface area contributed by atoms with E-state index in [2.05, 4.69) is 44.8 Å². The molecule has 1 saturated carbocycles.